The first-order valence-corrected chi connectivity index (χ1v) is 8.04. The second-order valence-corrected chi connectivity index (χ2v) is 6.41. The molecule has 1 saturated heterocycles. The lowest BCUT2D eigenvalue weighted by atomic mass is 10.1. The normalized spacial score (nSPS) is 20.0. The molecular formula is C17H26N2O2. The van der Waals surface area contributed by atoms with Crippen LogP contribution in [0, 0.1) is 5.92 Å². The first-order valence-electron chi connectivity index (χ1n) is 8.04. The van der Waals surface area contributed by atoms with E-state index in [0.717, 1.165) is 37.1 Å². The van der Waals surface area contributed by atoms with Crippen LogP contribution in [0.2, 0.25) is 0 Å². The molecule has 1 fully saturated rings. The summed E-state index contributed by atoms with van der Waals surface area (Å²) in [5.41, 5.74) is 1.25. The zero-order valence-electron chi connectivity index (χ0n) is 13.2. The molecule has 4 heteroatoms. The van der Waals surface area contributed by atoms with Gasteiger partial charge in [0.05, 0.1) is 0 Å². The van der Waals surface area contributed by atoms with Gasteiger partial charge < -0.3 is 14.4 Å². The number of fused-ring (bicyclic) bond motifs is 1. The molecule has 0 N–H and O–H groups in total. The zero-order valence-corrected chi connectivity index (χ0v) is 13.2. The van der Waals surface area contributed by atoms with Crippen LogP contribution in [0.1, 0.15) is 19.4 Å². The molecule has 0 radical (unpaired) electrons. The van der Waals surface area contributed by atoms with E-state index in [-0.39, 0.29) is 0 Å². The Morgan fingerprint density at radius 3 is 2.48 bits per heavy atom. The van der Waals surface area contributed by atoms with Crippen molar-refractivity contribution < 1.29 is 9.47 Å². The predicted molar refractivity (Wildman–Crippen MR) is 84.0 cm³/mol. The summed E-state index contributed by atoms with van der Waals surface area (Å²) in [7, 11) is 0. The van der Waals surface area contributed by atoms with Crippen LogP contribution in [0.4, 0.5) is 0 Å². The molecule has 0 spiro atoms. The topological polar surface area (TPSA) is 24.9 Å². The van der Waals surface area contributed by atoms with Gasteiger partial charge in [0.1, 0.15) is 13.2 Å². The third-order valence-corrected chi connectivity index (χ3v) is 4.13. The SMILES string of the molecule is CC(C)CN1CCN(Cc2cccc3c2OCCO3)CC1. The number of ether oxygens (including phenoxy) is 2. The molecule has 1 aromatic carbocycles. The quantitative estimate of drug-likeness (QED) is 0.849. The molecule has 0 amide bonds. The largest absolute Gasteiger partial charge is 0.486 e. The van der Waals surface area contributed by atoms with Crippen LogP contribution in [-0.2, 0) is 6.54 Å². The molecule has 2 aliphatic rings. The van der Waals surface area contributed by atoms with Crippen LogP contribution >= 0.6 is 0 Å². The highest BCUT2D eigenvalue weighted by molar-refractivity contribution is 5.47. The van der Waals surface area contributed by atoms with E-state index in [1.54, 1.807) is 0 Å². The van der Waals surface area contributed by atoms with Crippen molar-refractivity contribution in [3.63, 3.8) is 0 Å². The molecule has 0 aromatic heterocycles. The summed E-state index contributed by atoms with van der Waals surface area (Å²) in [6.07, 6.45) is 0. The van der Waals surface area contributed by atoms with Gasteiger partial charge in [-0.05, 0) is 12.0 Å². The smallest absolute Gasteiger partial charge is 0.165 e. The van der Waals surface area contributed by atoms with E-state index in [1.807, 2.05) is 6.07 Å². The molecule has 0 unspecified atom stereocenters. The number of nitrogens with zero attached hydrogens (tertiary/aromatic N) is 2. The molecule has 1 aromatic rings. The summed E-state index contributed by atoms with van der Waals surface area (Å²) in [6.45, 7) is 12.7. The molecular weight excluding hydrogens is 264 g/mol. The lowest BCUT2D eigenvalue weighted by Crippen LogP contribution is -2.46. The second-order valence-electron chi connectivity index (χ2n) is 6.41. The van der Waals surface area contributed by atoms with Crippen molar-refractivity contribution in [2.45, 2.75) is 20.4 Å². The van der Waals surface area contributed by atoms with E-state index in [1.165, 1.54) is 25.2 Å². The number of benzene rings is 1. The maximum absolute atomic E-state index is 5.81. The fraction of sp³-hybridized carbons (Fsp3) is 0.647. The molecule has 4 nitrogen and oxygen atoms in total. The first-order chi connectivity index (χ1) is 10.2. The summed E-state index contributed by atoms with van der Waals surface area (Å²) >= 11 is 0. The molecule has 3 rings (SSSR count). The number of hydrogen-bond acceptors (Lipinski definition) is 4. The van der Waals surface area contributed by atoms with Gasteiger partial charge in [-0.2, -0.15) is 0 Å². The van der Waals surface area contributed by atoms with Crippen LogP contribution < -0.4 is 9.47 Å². The predicted octanol–water partition coefficient (Wildman–Crippen LogP) is 2.23. The highest BCUT2D eigenvalue weighted by Gasteiger charge is 2.21. The van der Waals surface area contributed by atoms with Crippen molar-refractivity contribution in [3.05, 3.63) is 23.8 Å². The minimum absolute atomic E-state index is 0.657. The van der Waals surface area contributed by atoms with Crippen LogP contribution in [0.3, 0.4) is 0 Å². The van der Waals surface area contributed by atoms with Crippen LogP contribution in [0.5, 0.6) is 11.5 Å². The van der Waals surface area contributed by atoms with Gasteiger partial charge in [0.15, 0.2) is 11.5 Å². The third kappa shape index (κ3) is 3.69. The van der Waals surface area contributed by atoms with Crippen molar-refractivity contribution in [1.29, 1.82) is 0 Å². The molecule has 116 valence electrons. The Morgan fingerprint density at radius 2 is 1.71 bits per heavy atom. The Kier molecular flexibility index (Phi) is 4.66. The van der Waals surface area contributed by atoms with Crippen LogP contribution in [-0.4, -0.2) is 55.7 Å². The van der Waals surface area contributed by atoms with E-state index in [2.05, 4.69) is 35.8 Å². The fourth-order valence-electron chi connectivity index (χ4n) is 3.15. The minimum Gasteiger partial charge on any atom is -0.486 e. The van der Waals surface area contributed by atoms with Gasteiger partial charge >= 0.3 is 0 Å². The van der Waals surface area contributed by atoms with Gasteiger partial charge in [-0.25, -0.2) is 0 Å². The van der Waals surface area contributed by atoms with E-state index in [9.17, 15) is 0 Å². The monoisotopic (exact) mass is 290 g/mol. The van der Waals surface area contributed by atoms with Crippen molar-refractivity contribution in [3.8, 4) is 11.5 Å². The average molecular weight is 290 g/mol. The summed E-state index contributed by atoms with van der Waals surface area (Å²) in [5.74, 6) is 2.61. The van der Waals surface area contributed by atoms with Gasteiger partial charge in [0.25, 0.3) is 0 Å². The minimum atomic E-state index is 0.657. The Hall–Kier alpha value is -1.26. The lowest BCUT2D eigenvalue weighted by Gasteiger charge is -2.36. The maximum Gasteiger partial charge on any atom is 0.165 e. The van der Waals surface area contributed by atoms with Crippen molar-refractivity contribution in [1.82, 2.24) is 9.80 Å². The Labute approximate surface area is 127 Å². The van der Waals surface area contributed by atoms with Crippen LogP contribution in [0.15, 0.2) is 18.2 Å². The molecule has 21 heavy (non-hydrogen) atoms. The summed E-state index contributed by atoms with van der Waals surface area (Å²) in [4.78, 5) is 5.09. The summed E-state index contributed by atoms with van der Waals surface area (Å²) in [5, 5.41) is 0. The Morgan fingerprint density at radius 1 is 1.00 bits per heavy atom. The molecule has 0 aliphatic carbocycles. The Balaban J connectivity index is 1.58. The summed E-state index contributed by atoms with van der Waals surface area (Å²) < 4.78 is 11.5. The van der Waals surface area contributed by atoms with E-state index >= 15 is 0 Å². The highest BCUT2D eigenvalue weighted by atomic mass is 16.6. The van der Waals surface area contributed by atoms with Gasteiger partial charge in [-0.15, -0.1) is 0 Å². The standard InChI is InChI=1S/C17H26N2O2/c1-14(2)12-18-6-8-19(9-7-18)13-15-4-3-5-16-17(15)21-11-10-20-16/h3-5,14H,6-13H2,1-2H3. The van der Waals surface area contributed by atoms with E-state index in [0.29, 0.717) is 13.2 Å². The van der Waals surface area contributed by atoms with Crippen molar-refractivity contribution in [2.24, 2.45) is 5.92 Å². The van der Waals surface area contributed by atoms with Crippen molar-refractivity contribution >= 4 is 0 Å². The van der Waals surface area contributed by atoms with Gasteiger partial charge in [0.2, 0.25) is 0 Å². The second kappa shape index (κ2) is 6.67. The van der Waals surface area contributed by atoms with Gasteiger partial charge in [-0.1, -0.05) is 26.0 Å². The molecule has 0 bridgehead atoms. The lowest BCUT2D eigenvalue weighted by molar-refractivity contribution is 0.114. The first kappa shape index (κ1) is 14.7. The number of hydrogen-bond donors (Lipinski definition) is 0. The Bertz CT molecular complexity index is 468. The summed E-state index contributed by atoms with van der Waals surface area (Å²) in [6, 6.07) is 6.23. The van der Waals surface area contributed by atoms with Crippen LogP contribution in [0.25, 0.3) is 0 Å². The number of rotatable bonds is 4. The average Bonchev–Trinajstić information content (AvgIpc) is 2.49. The highest BCUT2D eigenvalue weighted by Crippen LogP contribution is 2.34. The van der Waals surface area contributed by atoms with Crippen molar-refractivity contribution in [2.75, 3.05) is 45.9 Å². The molecule has 0 saturated carbocycles. The number of para-hydroxylation sites is 1. The van der Waals surface area contributed by atoms with E-state index in [4.69, 9.17) is 9.47 Å². The molecule has 2 heterocycles. The van der Waals surface area contributed by atoms with E-state index < -0.39 is 0 Å². The zero-order chi connectivity index (χ0) is 14.7. The maximum atomic E-state index is 5.81. The molecule has 2 aliphatic heterocycles. The number of piperazine rings is 1. The fourth-order valence-corrected chi connectivity index (χ4v) is 3.15. The van der Waals surface area contributed by atoms with Gasteiger partial charge in [0, 0.05) is 44.8 Å². The van der Waals surface area contributed by atoms with Gasteiger partial charge in [-0.3, -0.25) is 4.90 Å². The molecule has 0 atom stereocenters. The third-order valence-electron chi connectivity index (χ3n) is 4.13.